The van der Waals surface area contributed by atoms with Crippen LogP contribution in [0, 0.1) is 0 Å². The highest BCUT2D eigenvalue weighted by Gasteiger charge is 2.38. The lowest BCUT2D eigenvalue weighted by molar-refractivity contribution is -0.192. The van der Waals surface area contributed by atoms with Gasteiger partial charge >= 0.3 is 12.1 Å². The third-order valence-electron chi connectivity index (χ3n) is 3.62. The molecule has 0 radical (unpaired) electrons. The number of carboxylic acid groups (broad SMARTS) is 1. The Morgan fingerprint density at radius 1 is 1.27 bits per heavy atom. The van der Waals surface area contributed by atoms with Crippen molar-refractivity contribution in [1.29, 1.82) is 0 Å². The number of benzene rings is 1. The molecule has 0 amide bonds. The number of carboxylic acids is 1. The van der Waals surface area contributed by atoms with Gasteiger partial charge in [-0.05, 0) is 30.5 Å². The second-order valence-electron chi connectivity index (χ2n) is 5.41. The zero-order valence-electron chi connectivity index (χ0n) is 12.7. The molecule has 1 aliphatic carbocycles. The zero-order chi connectivity index (χ0) is 17.0. The van der Waals surface area contributed by atoms with Gasteiger partial charge in [-0.15, -0.1) is 0 Å². The van der Waals surface area contributed by atoms with Gasteiger partial charge < -0.3 is 10.4 Å². The standard InChI is InChI=1S/C14H19N.C2HF3O2/c1-11(2)12-5-7-13(8-6-12)14(15-3)9-4-10-14;3-2(4,5)1(6)7/h4-9,11,15H,10H2,1-3H3;(H,6,7). The first-order chi connectivity index (χ1) is 10.1. The van der Waals surface area contributed by atoms with Crippen LogP contribution in [-0.4, -0.2) is 24.3 Å². The van der Waals surface area contributed by atoms with Gasteiger partial charge in [-0.3, -0.25) is 0 Å². The monoisotopic (exact) mass is 315 g/mol. The quantitative estimate of drug-likeness (QED) is 0.834. The molecule has 0 heterocycles. The Bertz CT molecular complexity index is 535. The molecule has 2 N–H and O–H groups in total. The minimum atomic E-state index is -5.08. The van der Waals surface area contributed by atoms with Crippen LogP contribution in [0.15, 0.2) is 36.4 Å². The summed E-state index contributed by atoms with van der Waals surface area (Å²) in [5.41, 5.74) is 2.89. The number of hydrogen-bond acceptors (Lipinski definition) is 2. The predicted octanol–water partition coefficient (Wildman–Crippen LogP) is 3.82. The number of hydrogen-bond donors (Lipinski definition) is 2. The number of alkyl halides is 3. The average Bonchev–Trinajstić information content (AvgIpc) is 2.38. The third kappa shape index (κ3) is 4.34. The summed E-state index contributed by atoms with van der Waals surface area (Å²) in [5.74, 6) is -2.14. The van der Waals surface area contributed by atoms with Gasteiger partial charge in [0.15, 0.2) is 0 Å². The van der Waals surface area contributed by atoms with Gasteiger partial charge in [0, 0.05) is 0 Å². The number of halogens is 3. The fourth-order valence-corrected chi connectivity index (χ4v) is 2.06. The van der Waals surface area contributed by atoms with Crippen LogP contribution in [0.5, 0.6) is 0 Å². The number of carbonyl (C=O) groups is 1. The van der Waals surface area contributed by atoms with Crippen LogP contribution in [0.3, 0.4) is 0 Å². The molecule has 1 aliphatic rings. The average molecular weight is 315 g/mol. The molecule has 0 fully saturated rings. The van der Waals surface area contributed by atoms with E-state index in [-0.39, 0.29) is 5.54 Å². The fraction of sp³-hybridized carbons (Fsp3) is 0.438. The van der Waals surface area contributed by atoms with E-state index in [1.807, 2.05) is 7.05 Å². The number of nitrogens with one attached hydrogen (secondary N) is 1. The largest absolute Gasteiger partial charge is 0.490 e. The molecule has 1 atom stereocenters. The molecule has 0 spiro atoms. The minimum absolute atomic E-state index is 0.107. The summed E-state index contributed by atoms with van der Waals surface area (Å²) in [6, 6.07) is 8.97. The normalized spacial score (nSPS) is 20.1. The van der Waals surface area contributed by atoms with E-state index >= 15 is 0 Å². The molecule has 0 bridgehead atoms. The highest BCUT2D eigenvalue weighted by Crippen LogP contribution is 2.34. The zero-order valence-corrected chi connectivity index (χ0v) is 12.7. The second kappa shape index (κ2) is 6.96. The number of rotatable bonds is 3. The maximum absolute atomic E-state index is 10.6. The molecule has 0 saturated carbocycles. The Morgan fingerprint density at radius 2 is 1.73 bits per heavy atom. The lowest BCUT2D eigenvalue weighted by Gasteiger charge is -2.36. The summed E-state index contributed by atoms with van der Waals surface area (Å²) < 4.78 is 31.7. The molecule has 22 heavy (non-hydrogen) atoms. The Balaban J connectivity index is 0.000000295. The molecule has 6 heteroatoms. The molecule has 1 aromatic carbocycles. The van der Waals surface area contributed by atoms with Crippen molar-refractivity contribution < 1.29 is 23.1 Å². The second-order valence-corrected chi connectivity index (χ2v) is 5.41. The topological polar surface area (TPSA) is 49.3 Å². The van der Waals surface area contributed by atoms with Crippen molar-refractivity contribution in [2.45, 2.75) is 37.9 Å². The van der Waals surface area contributed by atoms with Gasteiger partial charge in [0.1, 0.15) is 0 Å². The smallest absolute Gasteiger partial charge is 0.475 e. The molecular formula is C16H20F3NO2. The minimum Gasteiger partial charge on any atom is -0.475 e. The summed E-state index contributed by atoms with van der Waals surface area (Å²) in [7, 11) is 2.03. The van der Waals surface area contributed by atoms with Gasteiger partial charge in [0.05, 0.1) is 5.54 Å². The number of aliphatic carboxylic acids is 1. The van der Waals surface area contributed by atoms with Crippen LogP contribution in [-0.2, 0) is 10.3 Å². The molecule has 1 aromatic rings. The molecule has 0 aliphatic heterocycles. The molecule has 1 unspecified atom stereocenters. The van der Waals surface area contributed by atoms with Gasteiger partial charge in [-0.25, -0.2) is 4.79 Å². The van der Waals surface area contributed by atoms with Crippen LogP contribution < -0.4 is 5.32 Å². The van der Waals surface area contributed by atoms with Crippen molar-refractivity contribution in [2.24, 2.45) is 0 Å². The van der Waals surface area contributed by atoms with E-state index in [4.69, 9.17) is 9.90 Å². The molecule has 122 valence electrons. The molecular weight excluding hydrogens is 295 g/mol. The highest BCUT2D eigenvalue weighted by atomic mass is 19.4. The molecule has 3 nitrogen and oxygen atoms in total. The van der Waals surface area contributed by atoms with Gasteiger partial charge in [-0.2, -0.15) is 13.2 Å². The summed E-state index contributed by atoms with van der Waals surface area (Å²) in [6.45, 7) is 4.46. The van der Waals surface area contributed by atoms with Crippen LogP contribution in [0.1, 0.15) is 37.3 Å². The van der Waals surface area contributed by atoms with E-state index in [1.54, 1.807) is 0 Å². The van der Waals surface area contributed by atoms with E-state index in [1.165, 1.54) is 11.1 Å². The first-order valence-electron chi connectivity index (χ1n) is 6.89. The fourth-order valence-electron chi connectivity index (χ4n) is 2.06. The predicted molar refractivity (Wildman–Crippen MR) is 78.7 cm³/mol. The SMILES string of the molecule is CNC1(c2ccc(C(C)C)cc2)C=CC1.O=C(O)C(F)(F)F. The maximum Gasteiger partial charge on any atom is 0.490 e. The van der Waals surface area contributed by atoms with Crippen molar-refractivity contribution in [1.82, 2.24) is 5.32 Å². The van der Waals surface area contributed by atoms with Crippen LogP contribution in [0.4, 0.5) is 13.2 Å². The van der Waals surface area contributed by atoms with Crippen molar-refractivity contribution in [2.75, 3.05) is 7.05 Å². The molecule has 0 aromatic heterocycles. The number of likely N-dealkylation sites (N-methyl/N-ethyl adjacent to an activating group) is 1. The van der Waals surface area contributed by atoms with Crippen molar-refractivity contribution in [3.8, 4) is 0 Å². The summed E-state index contributed by atoms with van der Waals surface area (Å²) in [6.07, 6.45) is 0.481. The Kier molecular flexibility index (Phi) is 5.77. The van der Waals surface area contributed by atoms with E-state index < -0.39 is 12.1 Å². The lowest BCUT2D eigenvalue weighted by Crippen LogP contribution is -2.41. The van der Waals surface area contributed by atoms with Crippen LogP contribution in [0.25, 0.3) is 0 Å². The summed E-state index contributed by atoms with van der Waals surface area (Å²) >= 11 is 0. The third-order valence-corrected chi connectivity index (χ3v) is 3.62. The Labute approximate surface area is 127 Å². The van der Waals surface area contributed by atoms with Crippen LogP contribution >= 0.6 is 0 Å². The van der Waals surface area contributed by atoms with Crippen molar-refractivity contribution in [3.63, 3.8) is 0 Å². The Morgan fingerprint density at radius 3 is 1.95 bits per heavy atom. The first-order valence-corrected chi connectivity index (χ1v) is 6.89. The summed E-state index contributed by atoms with van der Waals surface area (Å²) in [5, 5.41) is 10.5. The lowest BCUT2D eigenvalue weighted by atomic mass is 9.78. The van der Waals surface area contributed by atoms with E-state index in [2.05, 4.69) is 55.6 Å². The van der Waals surface area contributed by atoms with Crippen LogP contribution in [0.2, 0.25) is 0 Å². The van der Waals surface area contributed by atoms with Crippen molar-refractivity contribution >= 4 is 5.97 Å². The Hall–Kier alpha value is -1.82. The van der Waals surface area contributed by atoms with E-state index in [0.29, 0.717) is 5.92 Å². The van der Waals surface area contributed by atoms with Gasteiger partial charge in [0.25, 0.3) is 0 Å². The molecule has 0 saturated heterocycles. The molecule has 2 rings (SSSR count). The first kappa shape index (κ1) is 18.2. The van der Waals surface area contributed by atoms with E-state index in [0.717, 1.165) is 6.42 Å². The van der Waals surface area contributed by atoms with Gasteiger partial charge in [0.2, 0.25) is 0 Å². The maximum atomic E-state index is 10.6. The van der Waals surface area contributed by atoms with Gasteiger partial charge in [-0.1, -0.05) is 50.3 Å². The van der Waals surface area contributed by atoms with E-state index in [9.17, 15) is 13.2 Å². The summed E-state index contributed by atoms with van der Waals surface area (Å²) in [4.78, 5) is 8.90. The van der Waals surface area contributed by atoms with Crippen molar-refractivity contribution in [3.05, 3.63) is 47.5 Å². The highest BCUT2D eigenvalue weighted by molar-refractivity contribution is 5.73.